The molecule has 6 heteroatoms. The summed E-state index contributed by atoms with van der Waals surface area (Å²) in [6.45, 7) is 5.70. The molecule has 1 aromatic rings. The summed E-state index contributed by atoms with van der Waals surface area (Å²) in [5, 5.41) is 11.9. The van der Waals surface area contributed by atoms with Crippen LogP contribution >= 0.6 is 11.6 Å². The number of carbonyl (C=O) groups excluding carboxylic acids is 1. The Morgan fingerprint density at radius 1 is 1.38 bits per heavy atom. The number of carbonyl (C=O) groups is 2. The summed E-state index contributed by atoms with van der Waals surface area (Å²) in [5.74, 6) is -1.05. The van der Waals surface area contributed by atoms with Gasteiger partial charge in [-0.15, -0.1) is 0 Å². The van der Waals surface area contributed by atoms with E-state index in [1.165, 1.54) is 18.2 Å². The summed E-state index contributed by atoms with van der Waals surface area (Å²) in [6.07, 6.45) is 2.08. The molecule has 1 saturated heterocycles. The van der Waals surface area contributed by atoms with Gasteiger partial charge < -0.3 is 15.3 Å². The van der Waals surface area contributed by atoms with Crippen LogP contribution in [0.25, 0.3) is 0 Å². The highest BCUT2D eigenvalue weighted by molar-refractivity contribution is 6.34. The predicted molar refractivity (Wildman–Crippen MR) is 82.0 cm³/mol. The molecule has 21 heavy (non-hydrogen) atoms. The Bertz CT molecular complexity index is 572. The van der Waals surface area contributed by atoms with Gasteiger partial charge in [0.1, 0.15) is 0 Å². The minimum absolute atomic E-state index is 0.0945. The number of urea groups is 1. The smallest absolute Gasteiger partial charge is 0.335 e. The molecule has 1 fully saturated rings. The van der Waals surface area contributed by atoms with Crippen LogP contribution in [0.3, 0.4) is 0 Å². The van der Waals surface area contributed by atoms with Crippen LogP contribution in [0, 0.1) is 5.41 Å². The average molecular weight is 311 g/mol. The van der Waals surface area contributed by atoms with E-state index in [2.05, 4.69) is 19.2 Å². The number of halogens is 1. The molecule has 0 unspecified atom stereocenters. The van der Waals surface area contributed by atoms with Crippen molar-refractivity contribution in [3.63, 3.8) is 0 Å². The number of hydrogen-bond donors (Lipinski definition) is 2. The highest BCUT2D eigenvalue weighted by Crippen LogP contribution is 2.29. The fraction of sp³-hybridized carbons (Fsp3) is 0.467. The summed E-state index contributed by atoms with van der Waals surface area (Å²) in [4.78, 5) is 24.9. The second-order valence-electron chi connectivity index (χ2n) is 6.12. The lowest BCUT2D eigenvalue weighted by Gasteiger charge is -2.38. The summed E-state index contributed by atoms with van der Waals surface area (Å²) in [5.41, 5.74) is 0.638. The Kier molecular flexibility index (Phi) is 4.42. The molecule has 0 aromatic heterocycles. The van der Waals surface area contributed by atoms with E-state index in [0.717, 1.165) is 19.4 Å². The van der Waals surface area contributed by atoms with E-state index >= 15 is 0 Å². The van der Waals surface area contributed by atoms with E-state index in [1.54, 1.807) is 4.90 Å². The van der Waals surface area contributed by atoms with E-state index in [0.29, 0.717) is 12.2 Å². The van der Waals surface area contributed by atoms with Crippen LogP contribution in [0.4, 0.5) is 10.5 Å². The molecule has 0 aliphatic carbocycles. The van der Waals surface area contributed by atoms with E-state index in [9.17, 15) is 9.59 Å². The van der Waals surface area contributed by atoms with E-state index < -0.39 is 5.97 Å². The lowest BCUT2D eigenvalue weighted by molar-refractivity contribution is 0.0697. The summed E-state index contributed by atoms with van der Waals surface area (Å²) >= 11 is 6.02. The van der Waals surface area contributed by atoms with Crippen molar-refractivity contribution in [1.82, 2.24) is 4.90 Å². The van der Waals surface area contributed by atoms with Gasteiger partial charge in [-0.05, 0) is 36.5 Å². The Balaban J connectivity index is 2.07. The molecule has 0 bridgehead atoms. The first-order chi connectivity index (χ1) is 9.78. The minimum Gasteiger partial charge on any atom is -0.478 e. The molecule has 0 spiro atoms. The van der Waals surface area contributed by atoms with Crippen molar-refractivity contribution in [3.8, 4) is 0 Å². The zero-order valence-electron chi connectivity index (χ0n) is 12.1. The number of hydrogen-bond acceptors (Lipinski definition) is 2. The van der Waals surface area contributed by atoms with Gasteiger partial charge in [0.15, 0.2) is 0 Å². The second-order valence-corrected chi connectivity index (χ2v) is 6.53. The fourth-order valence-electron chi connectivity index (χ4n) is 2.54. The van der Waals surface area contributed by atoms with Gasteiger partial charge in [-0.3, -0.25) is 0 Å². The molecule has 1 aromatic carbocycles. The van der Waals surface area contributed by atoms with Crippen molar-refractivity contribution in [2.24, 2.45) is 5.41 Å². The normalized spacial score (nSPS) is 17.4. The van der Waals surface area contributed by atoms with Gasteiger partial charge in [0, 0.05) is 13.1 Å². The lowest BCUT2D eigenvalue weighted by Crippen LogP contribution is -2.45. The SMILES string of the molecule is CC1(C)CCCN(C(=O)Nc2ccc(C(=O)O)cc2Cl)C1. The third-order valence-corrected chi connectivity index (χ3v) is 3.96. The topological polar surface area (TPSA) is 69.6 Å². The Hall–Kier alpha value is -1.75. The van der Waals surface area contributed by atoms with Gasteiger partial charge in [-0.1, -0.05) is 25.4 Å². The van der Waals surface area contributed by atoms with Crippen molar-refractivity contribution in [1.29, 1.82) is 0 Å². The predicted octanol–water partition coefficient (Wildman–Crippen LogP) is 3.69. The highest BCUT2D eigenvalue weighted by atomic mass is 35.5. The van der Waals surface area contributed by atoms with Gasteiger partial charge in [0.2, 0.25) is 0 Å². The lowest BCUT2D eigenvalue weighted by atomic mass is 9.84. The van der Waals surface area contributed by atoms with E-state index in [-0.39, 0.29) is 22.0 Å². The number of nitrogens with one attached hydrogen (secondary N) is 1. The van der Waals surface area contributed by atoms with Gasteiger partial charge in [0.05, 0.1) is 16.3 Å². The van der Waals surface area contributed by atoms with Crippen LogP contribution in [0.5, 0.6) is 0 Å². The third-order valence-electron chi connectivity index (χ3n) is 3.65. The van der Waals surface area contributed by atoms with Gasteiger partial charge in [-0.2, -0.15) is 0 Å². The molecule has 114 valence electrons. The zero-order valence-corrected chi connectivity index (χ0v) is 12.9. The molecule has 2 rings (SSSR count). The number of rotatable bonds is 2. The van der Waals surface area contributed by atoms with E-state index in [1.807, 2.05) is 0 Å². The molecule has 0 radical (unpaired) electrons. The molecule has 2 amide bonds. The zero-order chi connectivity index (χ0) is 15.6. The molecule has 0 atom stereocenters. The molecular weight excluding hydrogens is 292 g/mol. The number of nitrogens with zero attached hydrogens (tertiary/aromatic N) is 1. The van der Waals surface area contributed by atoms with Crippen molar-refractivity contribution in [3.05, 3.63) is 28.8 Å². The van der Waals surface area contributed by atoms with Gasteiger partial charge in [-0.25, -0.2) is 9.59 Å². The van der Waals surface area contributed by atoms with Crippen LogP contribution < -0.4 is 5.32 Å². The molecule has 0 saturated carbocycles. The summed E-state index contributed by atoms with van der Waals surface area (Å²) in [6, 6.07) is 4.07. The number of piperidine rings is 1. The van der Waals surface area contributed by atoms with Gasteiger partial charge >= 0.3 is 12.0 Å². The third kappa shape index (κ3) is 3.88. The minimum atomic E-state index is -1.05. The maximum absolute atomic E-state index is 12.3. The molecule has 1 aliphatic rings. The largest absolute Gasteiger partial charge is 0.478 e. The first-order valence-electron chi connectivity index (χ1n) is 6.87. The standard InChI is InChI=1S/C15H19ClN2O3/c1-15(2)6-3-7-18(9-15)14(21)17-12-5-4-10(13(19)20)8-11(12)16/h4-5,8H,3,6-7,9H2,1-2H3,(H,17,21)(H,19,20). The van der Waals surface area contributed by atoms with Crippen LogP contribution in [0.1, 0.15) is 37.0 Å². The van der Waals surface area contributed by atoms with Crippen molar-refractivity contribution in [2.45, 2.75) is 26.7 Å². The quantitative estimate of drug-likeness (QED) is 0.875. The Morgan fingerprint density at radius 2 is 2.10 bits per heavy atom. The highest BCUT2D eigenvalue weighted by Gasteiger charge is 2.29. The first-order valence-corrected chi connectivity index (χ1v) is 7.25. The summed E-state index contributed by atoms with van der Waals surface area (Å²) < 4.78 is 0. The van der Waals surface area contributed by atoms with Crippen molar-refractivity contribution in [2.75, 3.05) is 18.4 Å². The second kappa shape index (κ2) is 5.93. The number of amides is 2. The summed E-state index contributed by atoms with van der Waals surface area (Å²) in [7, 11) is 0. The monoisotopic (exact) mass is 310 g/mol. The van der Waals surface area contributed by atoms with Crippen LogP contribution in [0.2, 0.25) is 5.02 Å². The molecule has 1 aliphatic heterocycles. The Morgan fingerprint density at radius 3 is 2.67 bits per heavy atom. The number of benzene rings is 1. The number of carboxylic acid groups (broad SMARTS) is 1. The van der Waals surface area contributed by atoms with Crippen LogP contribution in [0.15, 0.2) is 18.2 Å². The number of aromatic carboxylic acids is 1. The van der Waals surface area contributed by atoms with Crippen molar-refractivity contribution < 1.29 is 14.7 Å². The molecule has 2 N–H and O–H groups in total. The molecule has 5 nitrogen and oxygen atoms in total. The van der Waals surface area contributed by atoms with Crippen LogP contribution in [-0.4, -0.2) is 35.1 Å². The van der Waals surface area contributed by atoms with Crippen molar-refractivity contribution >= 4 is 29.3 Å². The molecule has 1 heterocycles. The fourth-order valence-corrected chi connectivity index (χ4v) is 2.77. The number of carboxylic acids is 1. The van der Waals surface area contributed by atoms with E-state index in [4.69, 9.17) is 16.7 Å². The first kappa shape index (κ1) is 15.6. The Labute approximate surface area is 128 Å². The van der Waals surface area contributed by atoms with Crippen LogP contribution in [-0.2, 0) is 0 Å². The average Bonchev–Trinajstić information content (AvgIpc) is 2.39. The maximum Gasteiger partial charge on any atom is 0.335 e. The number of anilines is 1. The van der Waals surface area contributed by atoms with Gasteiger partial charge in [0.25, 0.3) is 0 Å². The molecular formula is C15H19ClN2O3. The number of likely N-dealkylation sites (tertiary alicyclic amines) is 1. The maximum atomic E-state index is 12.3.